The van der Waals surface area contributed by atoms with Gasteiger partial charge in [0.1, 0.15) is 18.1 Å². The molecule has 0 unspecified atom stereocenters. The Kier molecular flexibility index (Phi) is 6.69. The molecule has 2 aromatic carbocycles. The van der Waals surface area contributed by atoms with Crippen molar-refractivity contribution in [1.29, 1.82) is 0 Å². The van der Waals surface area contributed by atoms with Gasteiger partial charge >= 0.3 is 0 Å². The molecule has 2 amide bonds. The van der Waals surface area contributed by atoms with Crippen LogP contribution in [0.25, 0.3) is 5.69 Å². The molecule has 0 saturated carbocycles. The van der Waals surface area contributed by atoms with Gasteiger partial charge in [0.25, 0.3) is 5.91 Å². The maximum absolute atomic E-state index is 13.3. The molecule has 0 spiro atoms. The third-order valence-electron chi connectivity index (χ3n) is 4.93. The van der Waals surface area contributed by atoms with E-state index < -0.39 is 0 Å². The number of amides is 2. The normalized spacial score (nSPS) is 10.6. The maximum Gasteiger partial charge on any atom is 0.258 e. The van der Waals surface area contributed by atoms with Gasteiger partial charge in [-0.05, 0) is 57.2 Å². The van der Waals surface area contributed by atoms with Crippen LogP contribution in [0.15, 0.2) is 48.5 Å². The van der Waals surface area contributed by atoms with Crippen molar-refractivity contribution in [3.05, 3.63) is 71.3 Å². The molecule has 0 saturated heterocycles. The summed E-state index contributed by atoms with van der Waals surface area (Å²) in [6.07, 6.45) is 0. The van der Waals surface area contributed by atoms with E-state index in [2.05, 4.69) is 10.4 Å². The van der Waals surface area contributed by atoms with E-state index in [1.54, 1.807) is 62.0 Å². The Bertz CT molecular complexity index is 1090. The first kappa shape index (κ1) is 22.0. The molecule has 0 fully saturated rings. The lowest BCUT2D eigenvalue weighted by atomic mass is 10.1. The number of hydrogen-bond donors (Lipinski definition) is 1. The molecule has 162 valence electrons. The SMILES string of the molecule is CCN(CC(=O)Nc1cccc(OC)c1)C(=O)c1c(C)nn(-c2ccc(F)cc2)c1C. The first-order valence-electron chi connectivity index (χ1n) is 9.89. The molecule has 1 heterocycles. The molecule has 0 aliphatic rings. The van der Waals surface area contributed by atoms with E-state index >= 15 is 0 Å². The lowest BCUT2D eigenvalue weighted by molar-refractivity contribution is -0.116. The van der Waals surface area contributed by atoms with Crippen LogP contribution in [0.5, 0.6) is 5.75 Å². The molecule has 1 N–H and O–H groups in total. The number of ether oxygens (including phenoxy) is 1. The highest BCUT2D eigenvalue weighted by Gasteiger charge is 2.25. The zero-order chi connectivity index (χ0) is 22.5. The van der Waals surface area contributed by atoms with E-state index in [0.29, 0.717) is 40.6 Å². The van der Waals surface area contributed by atoms with Crippen LogP contribution in [0.2, 0.25) is 0 Å². The number of carbonyl (C=O) groups is 2. The Morgan fingerprint density at radius 2 is 1.87 bits per heavy atom. The predicted molar refractivity (Wildman–Crippen MR) is 116 cm³/mol. The van der Waals surface area contributed by atoms with Crippen LogP contribution in [-0.4, -0.2) is 46.7 Å². The third kappa shape index (κ3) is 4.91. The Hall–Kier alpha value is -3.68. The highest BCUT2D eigenvalue weighted by Crippen LogP contribution is 2.21. The fraction of sp³-hybridized carbons (Fsp3) is 0.261. The first-order valence-corrected chi connectivity index (χ1v) is 9.89. The van der Waals surface area contributed by atoms with Crippen molar-refractivity contribution in [2.75, 3.05) is 25.5 Å². The topological polar surface area (TPSA) is 76.5 Å². The number of aryl methyl sites for hydroxylation is 1. The van der Waals surface area contributed by atoms with Crippen molar-refractivity contribution >= 4 is 17.5 Å². The van der Waals surface area contributed by atoms with Gasteiger partial charge in [0, 0.05) is 18.3 Å². The van der Waals surface area contributed by atoms with Crippen LogP contribution < -0.4 is 10.1 Å². The lowest BCUT2D eigenvalue weighted by Crippen LogP contribution is -2.38. The summed E-state index contributed by atoms with van der Waals surface area (Å²) in [4.78, 5) is 27.2. The van der Waals surface area contributed by atoms with Crippen molar-refractivity contribution in [3.8, 4) is 11.4 Å². The van der Waals surface area contributed by atoms with Crippen molar-refractivity contribution in [2.45, 2.75) is 20.8 Å². The molecule has 31 heavy (non-hydrogen) atoms. The van der Waals surface area contributed by atoms with Crippen molar-refractivity contribution < 1.29 is 18.7 Å². The molecule has 3 rings (SSSR count). The third-order valence-corrected chi connectivity index (χ3v) is 4.93. The average molecular weight is 424 g/mol. The zero-order valence-corrected chi connectivity index (χ0v) is 18.0. The molecule has 8 heteroatoms. The van der Waals surface area contributed by atoms with Gasteiger partial charge in [0.05, 0.1) is 29.7 Å². The number of anilines is 1. The van der Waals surface area contributed by atoms with Gasteiger partial charge in [0.15, 0.2) is 0 Å². The summed E-state index contributed by atoms with van der Waals surface area (Å²) in [5.74, 6) is -0.321. The number of nitrogens with one attached hydrogen (secondary N) is 1. The van der Waals surface area contributed by atoms with Crippen LogP contribution in [-0.2, 0) is 4.79 Å². The minimum Gasteiger partial charge on any atom is -0.497 e. The Morgan fingerprint density at radius 1 is 1.16 bits per heavy atom. The predicted octanol–water partition coefficient (Wildman–Crippen LogP) is 3.74. The van der Waals surface area contributed by atoms with Gasteiger partial charge in [-0.15, -0.1) is 0 Å². The Balaban J connectivity index is 1.78. The molecule has 0 radical (unpaired) electrons. The summed E-state index contributed by atoms with van der Waals surface area (Å²) < 4.78 is 20.0. The van der Waals surface area contributed by atoms with E-state index in [1.165, 1.54) is 17.0 Å². The van der Waals surface area contributed by atoms with Gasteiger partial charge in [-0.1, -0.05) is 6.07 Å². The largest absolute Gasteiger partial charge is 0.497 e. The van der Waals surface area contributed by atoms with Gasteiger partial charge in [-0.2, -0.15) is 5.10 Å². The molecule has 1 aromatic heterocycles. The summed E-state index contributed by atoms with van der Waals surface area (Å²) in [6.45, 7) is 5.58. The van der Waals surface area contributed by atoms with Crippen LogP contribution in [0.4, 0.5) is 10.1 Å². The van der Waals surface area contributed by atoms with E-state index in [9.17, 15) is 14.0 Å². The number of halogens is 1. The van der Waals surface area contributed by atoms with Gasteiger partial charge in [-0.3, -0.25) is 9.59 Å². The lowest BCUT2D eigenvalue weighted by Gasteiger charge is -2.20. The molecule has 0 bridgehead atoms. The van der Waals surface area contributed by atoms with Crippen LogP contribution in [0.3, 0.4) is 0 Å². The molecule has 0 aliphatic carbocycles. The first-order chi connectivity index (χ1) is 14.8. The van der Waals surface area contributed by atoms with Crippen LogP contribution >= 0.6 is 0 Å². The van der Waals surface area contributed by atoms with Gasteiger partial charge in [0.2, 0.25) is 5.91 Å². The number of aromatic nitrogens is 2. The number of benzene rings is 2. The van der Waals surface area contributed by atoms with Crippen LogP contribution in [0.1, 0.15) is 28.7 Å². The molecule has 3 aromatic rings. The zero-order valence-electron chi connectivity index (χ0n) is 18.0. The molecule has 0 aliphatic heterocycles. The molecule has 7 nitrogen and oxygen atoms in total. The van der Waals surface area contributed by atoms with Crippen molar-refractivity contribution in [2.24, 2.45) is 0 Å². The van der Waals surface area contributed by atoms with Gasteiger partial charge < -0.3 is 15.0 Å². The summed E-state index contributed by atoms with van der Waals surface area (Å²) in [7, 11) is 1.55. The summed E-state index contributed by atoms with van der Waals surface area (Å²) in [5, 5.41) is 7.23. The second-order valence-electron chi connectivity index (χ2n) is 7.03. The molecular weight excluding hydrogens is 399 g/mol. The number of hydrogen-bond acceptors (Lipinski definition) is 4. The highest BCUT2D eigenvalue weighted by molar-refractivity contribution is 6.00. The number of carbonyl (C=O) groups excluding carboxylic acids is 2. The van der Waals surface area contributed by atoms with E-state index in [4.69, 9.17) is 4.74 Å². The van der Waals surface area contributed by atoms with Gasteiger partial charge in [-0.25, -0.2) is 9.07 Å². The number of methoxy groups -OCH3 is 1. The minimum atomic E-state index is -0.346. The summed E-state index contributed by atoms with van der Waals surface area (Å²) in [6, 6.07) is 12.9. The second kappa shape index (κ2) is 9.42. The fourth-order valence-electron chi connectivity index (χ4n) is 3.35. The smallest absolute Gasteiger partial charge is 0.258 e. The van der Waals surface area contributed by atoms with E-state index in [0.717, 1.165) is 0 Å². The molecular formula is C23H25FN4O3. The second-order valence-corrected chi connectivity index (χ2v) is 7.03. The van der Waals surface area contributed by atoms with E-state index in [-0.39, 0.29) is 24.2 Å². The fourth-order valence-corrected chi connectivity index (χ4v) is 3.35. The van der Waals surface area contributed by atoms with Crippen molar-refractivity contribution in [1.82, 2.24) is 14.7 Å². The molecule has 0 atom stereocenters. The van der Waals surface area contributed by atoms with Crippen LogP contribution in [0, 0.1) is 19.7 Å². The maximum atomic E-state index is 13.3. The Labute approximate surface area is 180 Å². The number of nitrogens with zero attached hydrogens (tertiary/aromatic N) is 3. The Morgan fingerprint density at radius 3 is 2.52 bits per heavy atom. The monoisotopic (exact) mass is 424 g/mol. The number of likely N-dealkylation sites (N-methyl/N-ethyl adjacent to an activating group) is 1. The van der Waals surface area contributed by atoms with Crippen molar-refractivity contribution in [3.63, 3.8) is 0 Å². The minimum absolute atomic E-state index is 0.104. The standard InChI is InChI=1S/C23H25FN4O3/c1-5-27(14-21(29)25-18-7-6-8-20(13-18)31-4)23(30)22-15(2)26-28(16(22)3)19-11-9-17(24)10-12-19/h6-13H,5,14H2,1-4H3,(H,25,29). The van der Waals surface area contributed by atoms with E-state index in [1.807, 2.05) is 6.92 Å². The summed E-state index contributed by atoms with van der Waals surface area (Å²) in [5.41, 5.74) is 2.84. The summed E-state index contributed by atoms with van der Waals surface area (Å²) >= 11 is 0. The quantitative estimate of drug-likeness (QED) is 0.627. The highest BCUT2D eigenvalue weighted by atomic mass is 19.1. The number of rotatable bonds is 7. The average Bonchev–Trinajstić information content (AvgIpc) is 3.06.